The first kappa shape index (κ1) is 15.9. The van der Waals surface area contributed by atoms with Gasteiger partial charge in [-0.3, -0.25) is 4.79 Å². The Labute approximate surface area is 148 Å². The van der Waals surface area contributed by atoms with E-state index in [-0.39, 0.29) is 17.9 Å². The predicted molar refractivity (Wildman–Crippen MR) is 97.8 cm³/mol. The van der Waals surface area contributed by atoms with E-state index in [0.29, 0.717) is 0 Å². The highest BCUT2D eigenvalue weighted by Gasteiger charge is 2.42. The summed E-state index contributed by atoms with van der Waals surface area (Å²) in [6.45, 7) is 3.67. The summed E-state index contributed by atoms with van der Waals surface area (Å²) in [6.07, 6.45) is 1.96. The molecule has 0 N–H and O–H groups in total. The molecule has 0 fully saturated rings. The normalized spacial score (nSPS) is 21.4. The van der Waals surface area contributed by atoms with Crippen LogP contribution in [-0.2, 0) is 11.2 Å². The molecule has 1 heterocycles. The second-order valence-corrected chi connectivity index (χ2v) is 6.87. The van der Waals surface area contributed by atoms with Crippen LogP contribution in [0.25, 0.3) is 0 Å². The molecular weight excluding hydrogens is 312 g/mol. The zero-order chi connectivity index (χ0) is 17.6. The van der Waals surface area contributed by atoms with Crippen LogP contribution < -0.4 is 4.74 Å². The Morgan fingerprint density at radius 1 is 1.20 bits per heavy atom. The molecule has 2 aromatic rings. The molecule has 128 valence electrons. The van der Waals surface area contributed by atoms with Crippen molar-refractivity contribution >= 4 is 11.6 Å². The van der Waals surface area contributed by atoms with Gasteiger partial charge in [-0.1, -0.05) is 29.8 Å². The van der Waals surface area contributed by atoms with Crippen molar-refractivity contribution in [3.8, 4) is 5.75 Å². The van der Waals surface area contributed by atoms with E-state index < -0.39 is 0 Å². The minimum absolute atomic E-state index is 0.0108. The van der Waals surface area contributed by atoms with Crippen molar-refractivity contribution in [2.75, 3.05) is 7.11 Å². The van der Waals surface area contributed by atoms with Gasteiger partial charge in [-0.05, 0) is 49.1 Å². The van der Waals surface area contributed by atoms with Crippen LogP contribution >= 0.6 is 0 Å². The zero-order valence-corrected chi connectivity index (χ0v) is 14.8. The van der Waals surface area contributed by atoms with Gasteiger partial charge in [-0.25, -0.2) is 5.01 Å². The number of ether oxygens (including phenoxy) is 1. The van der Waals surface area contributed by atoms with Crippen molar-refractivity contribution in [2.45, 2.75) is 32.7 Å². The molecule has 4 nitrogen and oxygen atoms in total. The lowest BCUT2D eigenvalue weighted by Gasteiger charge is -2.29. The summed E-state index contributed by atoms with van der Waals surface area (Å²) < 4.78 is 5.35. The number of carbonyl (C=O) groups is 1. The van der Waals surface area contributed by atoms with Gasteiger partial charge in [0.15, 0.2) is 0 Å². The molecule has 2 aromatic carbocycles. The topological polar surface area (TPSA) is 41.9 Å². The summed E-state index contributed by atoms with van der Waals surface area (Å²) in [4.78, 5) is 12.3. The fraction of sp³-hybridized carbons (Fsp3) is 0.333. The minimum Gasteiger partial charge on any atom is -0.497 e. The molecule has 0 saturated carbocycles. The Morgan fingerprint density at radius 2 is 1.96 bits per heavy atom. The molecule has 4 heteroatoms. The van der Waals surface area contributed by atoms with Gasteiger partial charge in [0.2, 0.25) is 5.91 Å². The van der Waals surface area contributed by atoms with Crippen LogP contribution in [0.3, 0.4) is 0 Å². The second-order valence-electron chi connectivity index (χ2n) is 6.87. The quantitative estimate of drug-likeness (QED) is 0.836. The molecule has 1 amide bonds. The highest BCUT2D eigenvalue weighted by atomic mass is 16.5. The first-order valence-corrected chi connectivity index (χ1v) is 8.70. The van der Waals surface area contributed by atoms with E-state index in [1.165, 1.54) is 11.1 Å². The van der Waals surface area contributed by atoms with E-state index in [1.54, 1.807) is 19.0 Å². The molecule has 0 bridgehead atoms. The fourth-order valence-electron chi connectivity index (χ4n) is 3.99. The molecule has 4 rings (SSSR count). The number of benzene rings is 2. The molecule has 1 aliphatic heterocycles. The lowest BCUT2D eigenvalue weighted by Crippen LogP contribution is -2.31. The maximum absolute atomic E-state index is 12.3. The van der Waals surface area contributed by atoms with Gasteiger partial charge in [0.1, 0.15) is 5.75 Å². The van der Waals surface area contributed by atoms with Crippen LogP contribution in [0, 0.1) is 12.8 Å². The molecule has 0 spiro atoms. The monoisotopic (exact) mass is 334 g/mol. The Morgan fingerprint density at radius 3 is 2.64 bits per heavy atom. The highest BCUT2D eigenvalue weighted by Crippen LogP contribution is 2.43. The Bertz CT molecular complexity index is 855. The van der Waals surface area contributed by atoms with Gasteiger partial charge in [-0.2, -0.15) is 5.10 Å². The molecule has 25 heavy (non-hydrogen) atoms. The maximum atomic E-state index is 12.3. The van der Waals surface area contributed by atoms with E-state index in [4.69, 9.17) is 9.84 Å². The lowest BCUT2D eigenvalue weighted by molar-refractivity contribution is -0.131. The Balaban J connectivity index is 1.78. The fourth-order valence-corrected chi connectivity index (χ4v) is 3.99. The third-order valence-corrected chi connectivity index (χ3v) is 5.27. The number of methoxy groups -OCH3 is 1. The lowest BCUT2D eigenvalue weighted by atomic mass is 9.77. The van der Waals surface area contributed by atoms with Gasteiger partial charge in [-0.15, -0.1) is 0 Å². The van der Waals surface area contributed by atoms with E-state index in [1.807, 2.05) is 6.07 Å². The van der Waals surface area contributed by atoms with Crippen molar-refractivity contribution < 1.29 is 9.53 Å². The van der Waals surface area contributed by atoms with Gasteiger partial charge in [0.05, 0.1) is 18.9 Å². The van der Waals surface area contributed by atoms with Crippen LogP contribution in [0.2, 0.25) is 0 Å². The molecule has 0 saturated heterocycles. The number of rotatable bonds is 2. The average Bonchev–Trinajstić information content (AvgIpc) is 3.02. The third kappa shape index (κ3) is 2.62. The number of amides is 1. The summed E-state index contributed by atoms with van der Waals surface area (Å²) in [5.41, 5.74) is 5.81. The standard InChI is InChI=1S/C21H22N2O2/c1-13-4-6-15(7-5-13)21-19-10-8-16-12-17(25-3)9-11-18(16)20(19)22-23(21)14(2)24/h4-7,9,11-12,19,21H,8,10H2,1-3H3/t19-,21-/m1/s1. The van der Waals surface area contributed by atoms with Crippen molar-refractivity contribution in [2.24, 2.45) is 11.0 Å². The van der Waals surface area contributed by atoms with Crippen LogP contribution in [0.1, 0.15) is 41.6 Å². The van der Waals surface area contributed by atoms with Crippen molar-refractivity contribution in [1.82, 2.24) is 5.01 Å². The number of carbonyl (C=O) groups excluding carboxylic acids is 1. The number of nitrogens with zero attached hydrogens (tertiary/aromatic N) is 2. The predicted octanol–water partition coefficient (Wildman–Crippen LogP) is 3.87. The van der Waals surface area contributed by atoms with Crippen molar-refractivity contribution in [3.63, 3.8) is 0 Å². The molecule has 2 atom stereocenters. The zero-order valence-electron chi connectivity index (χ0n) is 14.8. The molecular formula is C21H22N2O2. The number of hydrazone groups is 1. The van der Waals surface area contributed by atoms with E-state index in [9.17, 15) is 4.79 Å². The molecule has 0 unspecified atom stereocenters. The number of fused-ring (bicyclic) bond motifs is 3. The molecule has 2 aliphatic rings. The first-order chi connectivity index (χ1) is 12.1. The maximum Gasteiger partial charge on any atom is 0.240 e. The third-order valence-electron chi connectivity index (χ3n) is 5.27. The smallest absolute Gasteiger partial charge is 0.240 e. The van der Waals surface area contributed by atoms with Crippen LogP contribution in [0.15, 0.2) is 47.6 Å². The summed E-state index contributed by atoms with van der Waals surface area (Å²) >= 11 is 0. The SMILES string of the molecule is COc1ccc2c(c1)CC[C@@H]1C2=NN(C(C)=O)[C@@H]1c1ccc(C)cc1. The van der Waals surface area contributed by atoms with Crippen LogP contribution in [-0.4, -0.2) is 23.7 Å². The van der Waals surface area contributed by atoms with Gasteiger partial charge >= 0.3 is 0 Å². The minimum atomic E-state index is -0.0115. The van der Waals surface area contributed by atoms with Gasteiger partial charge in [0, 0.05) is 18.4 Å². The van der Waals surface area contributed by atoms with E-state index >= 15 is 0 Å². The van der Waals surface area contributed by atoms with Crippen LogP contribution in [0.4, 0.5) is 0 Å². The summed E-state index contributed by atoms with van der Waals surface area (Å²) in [5.74, 6) is 1.10. The van der Waals surface area contributed by atoms with Crippen molar-refractivity contribution in [3.05, 3.63) is 64.7 Å². The Kier molecular flexibility index (Phi) is 3.83. The second kappa shape index (κ2) is 6.03. The summed E-state index contributed by atoms with van der Waals surface area (Å²) in [6, 6.07) is 14.6. The largest absolute Gasteiger partial charge is 0.497 e. The van der Waals surface area contributed by atoms with Crippen LogP contribution in [0.5, 0.6) is 5.75 Å². The van der Waals surface area contributed by atoms with E-state index in [2.05, 4.69) is 43.3 Å². The summed E-state index contributed by atoms with van der Waals surface area (Å²) in [7, 11) is 1.69. The van der Waals surface area contributed by atoms with Gasteiger partial charge < -0.3 is 4.74 Å². The Hall–Kier alpha value is -2.62. The number of hydrogen-bond donors (Lipinski definition) is 0. The van der Waals surface area contributed by atoms with Gasteiger partial charge in [0.25, 0.3) is 0 Å². The number of aryl methyl sites for hydroxylation is 2. The first-order valence-electron chi connectivity index (χ1n) is 8.70. The highest BCUT2D eigenvalue weighted by molar-refractivity contribution is 6.06. The molecule has 1 aliphatic carbocycles. The van der Waals surface area contributed by atoms with Crippen molar-refractivity contribution in [1.29, 1.82) is 0 Å². The molecule has 0 aromatic heterocycles. The molecule has 0 radical (unpaired) electrons. The number of hydrogen-bond acceptors (Lipinski definition) is 3. The van der Waals surface area contributed by atoms with E-state index in [0.717, 1.165) is 35.4 Å². The summed E-state index contributed by atoms with van der Waals surface area (Å²) in [5, 5.41) is 6.42. The average molecular weight is 334 g/mol.